The molecule has 0 radical (unpaired) electrons. The molecule has 35 heavy (non-hydrogen) atoms. The SMILES string of the molecule is COC(=O)CSc1nnc(N2C(N)=C(C#N)C(c3c(Cl)cccc3Cl)C3=C2CC(C)(C)CC3=O)s1. The number of Topliss-reactive ketones (excluding diaryl/α,β-unsaturated/α-hetero) is 1. The van der Waals surface area contributed by atoms with E-state index in [-0.39, 0.29) is 34.3 Å². The van der Waals surface area contributed by atoms with Crippen LogP contribution in [0.25, 0.3) is 0 Å². The number of rotatable bonds is 5. The lowest BCUT2D eigenvalue weighted by Crippen LogP contribution is -2.42. The molecule has 2 aliphatic rings. The Morgan fingerprint density at radius 2 is 2.03 bits per heavy atom. The fourth-order valence-electron chi connectivity index (χ4n) is 4.33. The minimum atomic E-state index is -0.794. The number of carbonyl (C=O) groups excluding carboxylic acids is 2. The molecule has 0 amide bonds. The van der Waals surface area contributed by atoms with Gasteiger partial charge in [-0.15, -0.1) is 10.2 Å². The molecule has 1 aromatic carbocycles. The normalized spacial score (nSPS) is 19.5. The molecule has 1 unspecified atom stereocenters. The van der Waals surface area contributed by atoms with Crippen molar-refractivity contribution in [1.82, 2.24) is 10.2 Å². The van der Waals surface area contributed by atoms with Crippen LogP contribution < -0.4 is 10.6 Å². The van der Waals surface area contributed by atoms with Crippen LogP contribution in [0.3, 0.4) is 0 Å². The molecule has 0 spiro atoms. The lowest BCUT2D eigenvalue weighted by atomic mass is 9.68. The van der Waals surface area contributed by atoms with Crippen LogP contribution in [0.5, 0.6) is 0 Å². The van der Waals surface area contributed by atoms with Gasteiger partial charge in [-0.1, -0.05) is 66.2 Å². The van der Waals surface area contributed by atoms with Gasteiger partial charge in [0.15, 0.2) is 10.1 Å². The number of ketones is 1. The third-order valence-electron chi connectivity index (χ3n) is 5.80. The van der Waals surface area contributed by atoms with Crippen LogP contribution in [-0.4, -0.2) is 34.8 Å². The molecule has 2 aromatic rings. The molecule has 0 saturated carbocycles. The van der Waals surface area contributed by atoms with Gasteiger partial charge in [0.05, 0.1) is 30.4 Å². The van der Waals surface area contributed by atoms with Crippen molar-refractivity contribution in [2.24, 2.45) is 11.1 Å². The van der Waals surface area contributed by atoms with Crippen LogP contribution in [0, 0.1) is 16.7 Å². The predicted molar refractivity (Wildman–Crippen MR) is 136 cm³/mol. The van der Waals surface area contributed by atoms with Crippen molar-refractivity contribution < 1.29 is 14.3 Å². The Balaban J connectivity index is 1.89. The van der Waals surface area contributed by atoms with E-state index in [4.69, 9.17) is 28.9 Å². The van der Waals surface area contributed by atoms with Crippen molar-refractivity contribution >= 4 is 63.2 Å². The van der Waals surface area contributed by atoms with Crippen LogP contribution in [0.1, 0.15) is 38.2 Å². The highest BCUT2D eigenvalue weighted by atomic mass is 35.5. The van der Waals surface area contributed by atoms with Crippen LogP contribution in [0.4, 0.5) is 5.13 Å². The van der Waals surface area contributed by atoms with E-state index in [0.29, 0.717) is 49.2 Å². The summed E-state index contributed by atoms with van der Waals surface area (Å²) in [6.07, 6.45) is 0.809. The summed E-state index contributed by atoms with van der Waals surface area (Å²) in [7, 11) is 1.31. The van der Waals surface area contributed by atoms with Gasteiger partial charge in [-0.25, -0.2) is 0 Å². The summed E-state index contributed by atoms with van der Waals surface area (Å²) in [5.74, 6) is -1.07. The van der Waals surface area contributed by atoms with E-state index >= 15 is 0 Å². The number of ether oxygens (including phenoxy) is 1. The summed E-state index contributed by atoms with van der Waals surface area (Å²) in [6, 6.07) is 7.24. The maximum Gasteiger partial charge on any atom is 0.316 e. The van der Waals surface area contributed by atoms with Gasteiger partial charge in [0.1, 0.15) is 5.82 Å². The van der Waals surface area contributed by atoms with Crippen molar-refractivity contribution in [3.63, 3.8) is 0 Å². The molecule has 4 rings (SSSR count). The standard InChI is InChI=1S/C23H21Cl2N5O3S2/c1-23(2)7-14-19(15(31)8-23)17(18-12(24)5-4-6-13(18)25)11(9-26)20(27)30(14)21-28-29-22(35-21)34-10-16(32)33-3/h4-6,17H,7-8,10,27H2,1-3H3. The van der Waals surface area contributed by atoms with E-state index in [1.165, 1.54) is 30.2 Å². The zero-order valence-electron chi connectivity index (χ0n) is 19.1. The number of nitrogens with two attached hydrogens (primary N) is 1. The van der Waals surface area contributed by atoms with Crippen LogP contribution in [-0.2, 0) is 14.3 Å². The number of thioether (sulfide) groups is 1. The average Bonchev–Trinajstić information content (AvgIpc) is 3.24. The lowest BCUT2D eigenvalue weighted by molar-refractivity contribution is -0.137. The van der Waals surface area contributed by atoms with Crippen molar-refractivity contribution in [2.75, 3.05) is 17.8 Å². The highest BCUT2D eigenvalue weighted by Gasteiger charge is 2.46. The zero-order valence-corrected chi connectivity index (χ0v) is 22.2. The van der Waals surface area contributed by atoms with Gasteiger partial charge in [-0.05, 0) is 24.0 Å². The molecule has 1 aliphatic carbocycles. The minimum absolute atomic E-state index is 0.0758. The number of nitriles is 1. The molecular formula is C23H21Cl2N5O3S2. The van der Waals surface area contributed by atoms with Crippen molar-refractivity contribution in [3.8, 4) is 6.07 Å². The Morgan fingerprint density at radius 1 is 1.34 bits per heavy atom. The number of carbonyl (C=O) groups is 2. The van der Waals surface area contributed by atoms with E-state index in [1.807, 2.05) is 13.8 Å². The summed E-state index contributed by atoms with van der Waals surface area (Å²) in [6.45, 7) is 4.00. The number of allylic oxidation sites excluding steroid dienone is 3. The van der Waals surface area contributed by atoms with Crippen LogP contribution >= 0.6 is 46.3 Å². The maximum atomic E-state index is 13.6. The molecule has 0 fully saturated rings. The number of methoxy groups -OCH3 is 1. The Morgan fingerprint density at radius 3 is 2.66 bits per heavy atom. The molecule has 0 saturated heterocycles. The monoisotopic (exact) mass is 549 g/mol. The molecule has 1 aromatic heterocycles. The van der Waals surface area contributed by atoms with Gasteiger partial charge >= 0.3 is 5.97 Å². The van der Waals surface area contributed by atoms with E-state index in [0.717, 1.165) is 0 Å². The summed E-state index contributed by atoms with van der Waals surface area (Å²) < 4.78 is 5.20. The number of benzene rings is 1. The number of nitrogens with zero attached hydrogens (tertiary/aromatic N) is 4. The Labute approximate surface area is 220 Å². The van der Waals surface area contributed by atoms with Gasteiger partial charge < -0.3 is 10.5 Å². The fraction of sp³-hybridized carbons (Fsp3) is 0.348. The van der Waals surface area contributed by atoms with Crippen LogP contribution in [0.15, 0.2) is 45.2 Å². The van der Waals surface area contributed by atoms with Gasteiger partial charge in [0, 0.05) is 33.3 Å². The summed E-state index contributed by atoms with van der Waals surface area (Å²) in [5.41, 5.74) is 7.96. The second-order valence-corrected chi connectivity index (χ2v) is 11.8. The maximum absolute atomic E-state index is 13.6. The third-order valence-corrected chi connectivity index (χ3v) is 8.47. The molecule has 2 heterocycles. The van der Waals surface area contributed by atoms with Crippen molar-refractivity contribution in [3.05, 3.63) is 56.5 Å². The molecule has 1 atom stereocenters. The average molecular weight is 550 g/mol. The number of halogens is 2. The number of aromatic nitrogens is 2. The Hall–Kier alpha value is -2.58. The minimum Gasteiger partial charge on any atom is -0.468 e. The fourth-order valence-corrected chi connectivity index (χ4v) is 6.66. The topological polar surface area (TPSA) is 122 Å². The highest BCUT2D eigenvalue weighted by molar-refractivity contribution is 8.01. The molecule has 12 heteroatoms. The first kappa shape index (κ1) is 25.5. The first-order chi connectivity index (χ1) is 16.6. The first-order valence-electron chi connectivity index (χ1n) is 10.5. The number of esters is 1. The van der Waals surface area contributed by atoms with Crippen molar-refractivity contribution in [2.45, 2.75) is 36.9 Å². The van der Waals surface area contributed by atoms with E-state index < -0.39 is 5.92 Å². The molecular weight excluding hydrogens is 529 g/mol. The largest absolute Gasteiger partial charge is 0.468 e. The van der Waals surface area contributed by atoms with Gasteiger partial charge in [-0.3, -0.25) is 14.5 Å². The predicted octanol–water partition coefficient (Wildman–Crippen LogP) is 5.05. The Kier molecular flexibility index (Phi) is 7.16. The van der Waals surface area contributed by atoms with Gasteiger partial charge in [0.2, 0.25) is 5.13 Å². The quantitative estimate of drug-likeness (QED) is 0.402. The molecule has 182 valence electrons. The highest BCUT2D eigenvalue weighted by Crippen LogP contribution is 2.52. The second-order valence-electron chi connectivity index (χ2n) is 8.83. The number of hydrogen-bond acceptors (Lipinski definition) is 10. The smallest absolute Gasteiger partial charge is 0.316 e. The summed E-state index contributed by atoms with van der Waals surface area (Å²) in [4.78, 5) is 26.7. The van der Waals surface area contributed by atoms with Crippen LogP contribution in [0.2, 0.25) is 10.0 Å². The summed E-state index contributed by atoms with van der Waals surface area (Å²) in [5, 5.41) is 19.7. The summed E-state index contributed by atoms with van der Waals surface area (Å²) >= 11 is 15.4. The van der Waals surface area contributed by atoms with Gasteiger partial charge in [-0.2, -0.15) is 5.26 Å². The second kappa shape index (κ2) is 9.82. The Bertz CT molecular complexity index is 1310. The first-order valence-corrected chi connectivity index (χ1v) is 13.1. The van der Waals surface area contributed by atoms with E-state index in [2.05, 4.69) is 21.0 Å². The lowest BCUT2D eigenvalue weighted by Gasteiger charge is -2.42. The molecule has 2 N–H and O–H groups in total. The molecule has 0 bridgehead atoms. The number of anilines is 1. The molecule has 1 aliphatic heterocycles. The third kappa shape index (κ3) is 4.78. The van der Waals surface area contributed by atoms with Crippen molar-refractivity contribution in [1.29, 1.82) is 5.26 Å². The number of hydrogen-bond donors (Lipinski definition) is 1. The van der Waals surface area contributed by atoms with Gasteiger partial charge in [0.25, 0.3) is 0 Å². The molecule has 8 nitrogen and oxygen atoms in total. The van der Waals surface area contributed by atoms with E-state index in [9.17, 15) is 14.9 Å². The zero-order chi connectivity index (χ0) is 25.5. The van der Waals surface area contributed by atoms with E-state index in [1.54, 1.807) is 23.1 Å².